The Bertz CT molecular complexity index is 807. The number of nitrogens with one attached hydrogen (secondary N) is 1. The van der Waals surface area contributed by atoms with Gasteiger partial charge in [-0.2, -0.15) is 13.2 Å². The Kier molecular flexibility index (Phi) is 5.81. The summed E-state index contributed by atoms with van der Waals surface area (Å²) in [7, 11) is 0. The van der Waals surface area contributed by atoms with Gasteiger partial charge < -0.3 is 5.32 Å². The molecule has 0 spiro atoms. The lowest BCUT2D eigenvalue weighted by Crippen LogP contribution is -2.23. The third-order valence-electron chi connectivity index (χ3n) is 4.42. The Morgan fingerprint density at radius 1 is 1.15 bits per heavy atom. The standard InChI is InChI=1S/C20H20F3NOS/c21-20(22,23)16-8-4-7-15(13-16)17-9-10-18(26-17)19(25)24-12-11-14-5-2-1-3-6-14/h4-5,7-10,13H,1-3,6,11-12H2,(H,24,25). The molecule has 0 bridgehead atoms. The number of alkyl halides is 3. The molecule has 0 radical (unpaired) electrons. The van der Waals surface area contributed by atoms with E-state index in [-0.39, 0.29) is 5.91 Å². The normalized spacial score (nSPS) is 14.8. The average molecular weight is 379 g/mol. The van der Waals surface area contributed by atoms with E-state index in [1.54, 1.807) is 18.2 Å². The lowest BCUT2D eigenvalue weighted by atomic mass is 9.97. The summed E-state index contributed by atoms with van der Waals surface area (Å²) in [6.45, 7) is 0.585. The van der Waals surface area contributed by atoms with E-state index in [1.165, 1.54) is 35.8 Å². The van der Waals surface area contributed by atoms with Crippen molar-refractivity contribution in [1.29, 1.82) is 0 Å². The summed E-state index contributed by atoms with van der Waals surface area (Å²) in [6, 6.07) is 8.52. The molecule has 1 aromatic carbocycles. The van der Waals surface area contributed by atoms with Crippen molar-refractivity contribution >= 4 is 17.2 Å². The van der Waals surface area contributed by atoms with E-state index < -0.39 is 11.7 Å². The molecule has 26 heavy (non-hydrogen) atoms. The molecule has 0 saturated heterocycles. The molecule has 1 amide bonds. The fraction of sp³-hybridized carbons (Fsp3) is 0.350. The summed E-state index contributed by atoms with van der Waals surface area (Å²) in [4.78, 5) is 13.4. The zero-order valence-electron chi connectivity index (χ0n) is 14.2. The molecule has 1 heterocycles. The summed E-state index contributed by atoms with van der Waals surface area (Å²) >= 11 is 1.21. The molecular weight excluding hydrogens is 359 g/mol. The van der Waals surface area contributed by atoms with Crippen LogP contribution in [0.15, 0.2) is 48.0 Å². The summed E-state index contributed by atoms with van der Waals surface area (Å²) in [6.07, 6.45) is 3.42. The molecule has 2 aromatic rings. The Balaban J connectivity index is 1.62. The minimum atomic E-state index is -4.37. The van der Waals surface area contributed by atoms with E-state index in [4.69, 9.17) is 0 Å². The molecule has 138 valence electrons. The molecule has 0 atom stereocenters. The monoisotopic (exact) mass is 379 g/mol. The van der Waals surface area contributed by atoms with Crippen LogP contribution in [0.1, 0.15) is 47.3 Å². The fourth-order valence-corrected chi connectivity index (χ4v) is 3.94. The lowest BCUT2D eigenvalue weighted by Gasteiger charge is -2.12. The third-order valence-corrected chi connectivity index (χ3v) is 5.55. The second kappa shape index (κ2) is 8.08. The van der Waals surface area contributed by atoms with Crippen LogP contribution < -0.4 is 5.32 Å². The predicted molar refractivity (Wildman–Crippen MR) is 98.3 cm³/mol. The van der Waals surface area contributed by atoms with Gasteiger partial charge in [0.1, 0.15) is 0 Å². The first-order valence-corrected chi connectivity index (χ1v) is 9.49. The summed E-state index contributed by atoms with van der Waals surface area (Å²) in [5, 5.41) is 2.90. The van der Waals surface area contributed by atoms with Crippen LogP contribution in [-0.4, -0.2) is 12.5 Å². The Hall–Kier alpha value is -2.08. The van der Waals surface area contributed by atoms with Crippen LogP contribution in [0, 0.1) is 0 Å². The number of hydrogen-bond acceptors (Lipinski definition) is 2. The van der Waals surface area contributed by atoms with Crippen molar-refractivity contribution in [2.24, 2.45) is 0 Å². The van der Waals surface area contributed by atoms with Gasteiger partial charge in [0.25, 0.3) is 5.91 Å². The van der Waals surface area contributed by atoms with Crippen molar-refractivity contribution in [1.82, 2.24) is 5.32 Å². The highest BCUT2D eigenvalue weighted by atomic mass is 32.1. The Morgan fingerprint density at radius 2 is 2.00 bits per heavy atom. The summed E-state index contributed by atoms with van der Waals surface area (Å²) < 4.78 is 38.5. The van der Waals surface area contributed by atoms with E-state index in [1.807, 2.05) is 0 Å². The first-order valence-electron chi connectivity index (χ1n) is 8.67. The maximum atomic E-state index is 12.8. The maximum Gasteiger partial charge on any atom is 0.416 e. The summed E-state index contributed by atoms with van der Waals surface area (Å²) in [5.41, 5.74) is 1.18. The zero-order valence-corrected chi connectivity index (χ0v) is 15.1. The number of halogens is 3. The number of carbonyl (C=O) groups excluding carboxylic acids is 1. The van der Waals surface area contributed by atoms with Gasteiger partial charge in [0.2, 0.25) is 0 Å². The van der Waals surface area contributed by atoms with Gasteiger partial charge in [0.05, 0.1) is 10.4 Å². The first kappa shape index (κ1) is 18.7. The van der Waals surface area contributed by atoms with Gasteiger partial charge in [0.15, 0.2) is 0 Å². The van der Waals surface area contributed by atoms with Gasteiger partial charge in [-0.3, -0.25) is 4.79 Å². The molecule has 3 rings (SSSR count). The molecule has 1 N–H and O–H groups in total. The minimum Gasteiger partial charge on any atom is -0.351 e. The van der Waals surface area contributed by atoms with E-state index in [9.17, 15) is 18.0 Å². The second-order valence-corrected chi connectivity index (χ2v) is 7.44. The lowest BCUT2D eigenvalue weighted by molar-refractivity contribution is -0.137. The van der Waals surface area contributed by atoms with Crippen molar-refractivity contribution < 1.29 is 18.0 Å². The zero-order chi connectivity index (χ0) is 18.6. The number of benzene rings is 1. The van der Waals surface area contributed by atoms with Crippen molar-refractivity contribution in [2.45, 2.75) is 38.3 Å². The van der Waals surface area contributed by atoms with E-state index in [0.717, 1.165) is 31.4 Å². The number of allylic oxidation sites excluding steroid dienone is 1. The van der Waals surface area contributed by atoms with Crippen molar-refractivity contribution in [2.75, 3.05) is 6.54 Å². The van der Waals surface area contributed by atoms with Gasteiger partial charge in [-0.1, -0.05) is 23.8 Å². The van der Waals surface area contributed by atoms with Crippen molar-refractivity contribution in [3.8, 4) is 10.4 Å². The first-order chi connectivity index (χ1) is 12.4. The summed E-state index contributed by atoms with van der Waals surface area (Å²) in [5.74, 6) is -0.176. The van der Waals surface area contributed by atoms with Crippen LogP contribution in [0.4, 0.5) is 13.2 Å². The second-order valence-electron chi connectivity index (χ2n) is 6.36. The predicted octanol–water partition coefficient (Wildman–Crippen LogP) is 6.05. The fourth-order valence-electron chi connectivity index (χ4n) is 3.02. The van der Waals surface area contributed by atoms with Crippen LogP contribution in [0.2, 0.25) is 0 Å². The van der Waals surface area contributed by atoms with E-state index >= 15 is 0 Å². The van der Waals surface area contributed by atoms with Crippen molar-refractivity contribution in [3.05, 3.63) is 58.5 Å². The molecule has 0 fully saturated rings. The average Bonchev–Trinajstić information content (AvgIpc) is 3.12. The largest absolute Gasteiger partial charge is 0.416 e. The Labute approximate surface area is 154 Å². The molecule has 0 aliphatic heterocycles. The SMILES string of the molecule is O=C(NCCC1=CCCCC1)c1ccc(-c2cccc(C(F)(F)F)c2)s1. The Morgan fingerprint density at radius 3 is 2.73 bits per heavy atom. The molecule has 1 aliphatic carbocycles. The van der Waals surface area contributed by atoms with Gasteiger partial charge in [0, 0.05) is 11.4 Å². The number of hydrogen-bond donors (Lipinski definition) is 1. The molecule has 6 heteroatoms. The van der Waals surface area contributed by atoms with Gasteiger partial charge in [-0.05, 0) is 61.9 Å². The quantitative estimate of drug-likeness (QED) is 0.629. The van der Waals surface area contributed by atoms with Crippen LogP contribution in [0.25, 0.3) is 10.4 Å². The van der Waals surface area contributed by atoms with Gasteiger partial charge >= 0.3 is 6.18 Å². The molecule has 1 aromatic heterocycles. The third kappa shape index (κ3) is 4.75. The highest BCUT2D eigenvalue weighted by molar-refractivity contribution is 7.17. The highest BCUT2D eigenvalue weighted by Crippen LogP contribution is 2.34. The van der Waals surface area contributed by atoms with Gasteiger partial charge in [-0.25, -0.2) is 0 Å². The van der Waals surface area contributed by atoms with Crippen LogP contribution in [0.5, 0.6) is 0 Å². The smallest absolute Gasteiger partial charge is 0.351 e. The highest BCUT2D eigenvalue weighted by Gasteiger charge is 2.30. The molecule has 2 nitrogen and oxygen atoms in total. The molecular formula is C20H20F3NOS. The number of amides is 1. The minimum absolute atomic E-state index is 0.176. The van der Waals surface area contributed by atoms with Gasteiger partial charge in [-0.15, -0.1) is 11.3 Å². The number of rotatable bonds is 5. The number of carbonyl (C=O) groups is 1. The van der Waals surface area contributed by atoms with Crippen LogP contribution in [-0.2, 0) is 6.18 Å². The molecule has 1 aliphatic rings. The van der Waals surface area contributed by atoms with E-state index in [0.29, 0.717) is 21.9 Å². The molecule has 0 unspecified atom stereocenters. The van der Waals surface area contributed by atoms with Crippen LogP contribution >= 0.6 is 11.3 Å². The van der Waals surface area contributed by atoms with Crippen LogP contribution in [0.3, 0.4) is 0 Å². The van der Waals surface area contributed by atoms with E-state index in [2.05, 4.69) is 11.4 Å². The van der Waals surface area contributed by atoms with Crippen molar-refractivity contribution in [3.63, 3.8) is 0 Å². The molecule has 0 saturated carbocycles. The topological polar surface area (TPSA) is 29.1 Å². The maximum absolute atomic E-state index is 12.8. The number of thiophene rings is 1.